The van der Waals surface area contributed by atoms with E-state index in [0.29, 0.717) is 6.04 Å². The van der Waals surface area contributed by atoms with E-state index in [1.165, 1.54) is 24.4 Å². The lowest BCUT2D eigenvalue weighted by molar-refractivity contribution is 0.536. The van der Waals surface area contributed by atoms with E-state index in [-0.39, 0.29) is 0 Å². The Balaban J connectivity index is 1.53. The molecule has 1 saturated carbocycles. The summed E-state index contributed by atoms with van der Waals surface area (Å²) >= 11 is 1.72. The van der Waals surface area contributed by atoms with E-state index in [2.05, 4.69) is 22.5 Å². The van der Waals surface area contributed by atoms with Gasteiger partial charge in [-0.3, -0.25) is 0 Å². The topological polar surface area (TPSA) is 37.0 Å². The molecule has 4 heteroatoms. The molecule has 1 fully saturated rings. The molecular formula is C11H19N3S. The molecule has 0 spiro atoms. The van der Waals surface area contributed by atoms with Gasteiger partial charge < -0.3 is 10.6 Å². The van der Waals surface area contributed by atoms with Crippen molar-refractivity contribution in [3.05, 3.63) is 16.6 Å². The Hall–Kier alpha value is -0.450. The third-order valence-corrected chi connectivity index (χ3v) is 3.66. The van der Waals surface area contributed by atoms with Gasteiger partial charge in [-0.2, -0.15) is 0 Å². The molecule has 1 aliphatic rings. The Morgan fingerprint density at radius 1 is 1.53 bits per heavy atom. The molecule has 0 bridgehead atoms. The number of rotatable bonds is 7. The zero-order chi connectivity index (χ0) is 10.5. The van der Waals surface area contributed by atoms with E-state index in [4.69, 9.17) is 0 Å². The van der Waals surface area contributed by atoms with Gasteiger partial charge in [-0.05, 0) is 32.2 Å². The second-order valence-electron chi connectivity index (χ2n) is 4.19. The van der Waals surface area contributed by atoms with Crippen LogP contribution in [0.3, 0.4) is 0 Å². The summed E-state index contributed by atoms with van der Waals surface area (Å²) in [6, 6.07) is 0.382. The van der Waals surface area contributed by atoms with Crippen LogP contribution in [0.2, 0.25) is 0 Å². The second-order valence-corrected chi connectivity index (χ2v) is 5.12. The van der Waals surface area contributed by atoms with E-state index < -0.39 is 0 Å². The Kier molecular flexibility index (Phi) is 4.11. The SMILES string of the molecule is CC(NCCNCC1CC1)c1nccs1. The van der Waals surface area contributed by atoms with Crippen molar-refractivity contribution in [3.63, 3.8) is 0 Å². The van der Waals surface area contributed by atoms with Crippen molar-refractivity contribution < 1.29 is 0 Å². The summed E-state index contributed by atoms with van der Waals surface area (Å²) < 4.78 is 0. The summed E-state index contributed by atoms with van der Waals surface area (Å²) in [5, 5.41) is 10.1. The van der Waals surface area contributed by atoms with Gasteiger partial charge in [-0.25, -0.2) is 4.98 Å². The molecular weight excluding hydrogens is 206 g/mol. The predicted octanol–water partition coefficient (Wildman–Crippen LogP) is 1.79. The maximum atomic E-state index is 4.29. The second kappa shape index (κ2) is 5.58. The van der Waals surface area contributed by atoms with Gasteiger partial charge in [0, 0.05) is 24.7 Å². The number of thiazole rings is 1. The van der Waals surface area contributed by atoms with E-state index >= 15 is 0 Å². The van der Waals surface area contributed by atoms with Gasteiger partial charge in [0.25, 0.3) is 0 Å². The van der Waals surface area contributed by atoms with Crippen molar-refractivity contribution in [2.24, 2.45) is 5.92 Å². The Bertz CT molecular complexity index is 269. The van der Waals surface area contributed by atoms with Crippen molar-refractivity contribution in [1.29, 1.82) is 0 Å². The highest BCUT2D eigenvalue weighted by molar-refractivity contribution is 7.09. The van der Waals surface area contributed by atoms with Crippen molar-refractivity contribution in [1.82, 2.24) is 15.6 Å². The van der Waals surface area contributed by atoms with Crippen LogP contribution in [0.25, 0.3) is 0 Å². The summed E-state index contributed by atoms with van der Waals surface area (Å²) in [5.74, 6) is 0.974. The zero-order valence-corrected chi connectivity index (χ0v) is 10.0. The number of hydrogen-bond donors (Lipinski definition) is 2. The zero-order valence-electron chi connectivity index (χ0n) is 9.20. The molecule has 0 saturated heterocycles. The first-order valence-electron chi connectivity index (χ1n) is 5.70. The molecule has 0 aliphatic heterocycles. The van der Waals surface area contributed by atoms with E-state index in [9.17, 15) is 0 Å². The average molecular weight is 225 g/mol. The molecule has 1 unspecified atom stereocenters. The first-order chi connectivity index (χ1) is 7.36. The minimum atomic E-state index is 0.382. The van der Waals surface area contributed by atoms with Gasteiger partial charge in [-0.15, -0.1) is 11.3 Å². The summed E-state index contributed by atoms with van der Waals surface area (Å²) in [7, 11) is 0. The van der Waals surface area contributed by atoms with Crippen molar-refractivity contribution >= 4 is 11.3 Å². The van der Waals surface area contributed by atoms with Crippen molar-refractivity contribution in [2.45, 2.75) is 25.8 Å². The standard InChI is InChI=1S/C11H19N3S/c1-9(11-14-6-7-15-11)13-5-4-12-8-10-2-3-10/h6-7,9-10,12-13H,2-5,8H2,1H3. The fourth-order valence-electron chi connectivity index (χ4n) is 1.54. The number of aromatic nitrogens is 1. The predicted molar refractivity (Wildman–Crippen MR) is 64.1 cm³/mol. The van der Waals surface area contributed by atoms with E-state index in [0.717, 1.165) is 19.0 Å². The molecule has 2 rings (SSSR count). The largest absolute Gasteiger partial charge is 0.315 e. The molecule has 0 aromatic carbocycles. The van der Waals surface area contributed by atoms with Gasteiger partial charge in [0.15, 0.2) is 0 Å². The van der Waals surface area contributed by atoms with Gasteiger partial charge in [0.1, 0.15) is 5.01 Å². The molecule has 15 heavy (non-hydrogen) atoms. The molecule has 0 radical (unpaired) electrons. The minimum Gasteiger partial charge on any atom is -0.315 e. The molecule has 1 aliphatic carbocycles. The Labute approximate surface area is 95.3 Å². The first-order valence-corrected chi connectivity index (χ1v) is 6.57. The maximum Gasteiger partial charge on any atom is 0.109 e. The van der Waals surface area contributed by atoms with Crippen LogP contribution in [0.4, 0.5) is 0 Å². The van der Waals surface area contributed by atoms with Gasteiger partial charge in [0.05, 0.1) is 6.04 Å². The molecule has 2 N–H and O–H groups in total. The van der Waals surface area contributed by atoms with Crippen LogP contribution in [0.5, 0.6) is 0 Å². The van der Waals surface area contributed by atoms with Crippen LogP contribution in [-0.4, -0.2) is 24.6 Å². The fourth-order valence-corrected chi connectivity index (χ4v) is 2.21. The highest BCUT2D eigenvalue weighted by atomic mass is 32.1. The van der Waals surface area contributed by atoms with Crippen LogP contribution in [-0.2, 0) is 0 Å². The van der Waals surface area contributed by atoms with Gasteiger partial charge >= 0.3 is 0 Å². The monoisotopic (exact) mass is 225 g/mol. The van der Waals surface area contributed by atoms with Crippen LogP contribution < -0.4 is 10.6 Å². The lowest BCUT2D eigenvalue weighted by Gasteiger charge is -2.11. The van der Waals surface area contributed by atoms with E-state index in [1.807, 2.05) is 11.6 Å². The highest BCUT2D eigenvalue weighted by Gasteiger charge is 2.19. The smallest absolute Gasteiger partial charge is 0.109 e. The quantitative estimate of drug-likeness (QED) is 0.695. The Morgan fingerprint density at radius 3 is 3.07 bits per heavy atom. The van der Waals surface area contributed by atoms with Gasteiger partial charge in [-0.1, -0.05) is 0 Å². The fraction of sp³-hybridized carbons (Fsp3) is 0.727. The third-order valence-electron chi connectivity index (χ3n) is 2.70. The lowest BCUT2D eigenvalue weighted by atomic mass is 10.3. The molecule has 3 nitrogen and oxygen atoms in total. The number of nitrogens with zero attached hydrogens (tertiary/aromatic N) is 1. The third kappa shape index (κ3) is 3.89. The maximum absolute atomic E-state index is 4.29. The lowest BCUT2D eigenvalue weighted by Crippen LogP contribution is -2.30. The van der Waals surface area contributed by atoms with Crippen LogP contribution in [0.15, 0.2) is 11.6 Å². The van der Waals surface area contributed by atoms with Crippen LogP contribution in [0.1, 0.15) is 30.8 Å². The number of hydrogen-bond acceptors (Lipinski definition) is 4. The summed E-state index contributed by atoms with van der Waals surface area (Å²) in [4.78, 5) is 4.29. The molecule has 1 heterocycles. The molecule has 1 aromatic heterocycles. The molecule has 0 amide bonds. The molecule has 1 aromatic rings. The van der Waals surface area contributed by atoms with E-state index in [1.54, 1.807) is 11.3 Å². The van der Waals surface area contributed by atoms with Gasteiger partial charge in [0.2, 0.25) is 0 Å². The highest BCUT2D eigenvalue weighted by Crippen LogP contribution is 2.27. The normalized spacial score (nSPS) is 17.9. The summed E-state index contributed by atoms with van der Waals surface area (Å²) in [6.45, 7) is 5.45. The van der Waals surface area contributed by atoms with Crippen LogP contribution in [0, 0.1) is 5.92 Å². The number of nitrogens with one attached hydrogen (secondary N) is 2. The van der Waals surface area contributed by atoms with Crippen LogP contribution >= 0.6 is 11.3 Å². The molecule has 84 valence electrons. The van der Waals surface area contributed by atoms with Crippen molar-refractivity contribution in [2.75, 3.05) is 19.6 Å². The Morgan fingerprint density at radius 2 is 2.40 bits per heavy atom. The first kappa shape index (κ1) is 11.0. The average Bonchev–Trinajstić information content (AvgIpc) is 2.90. The summed E-state index contributed by atoms with van der Waals surface area (Å²) in [5.41, 5.74) is 0. The minimum absolute atomic E-state index is 0.382. The van der Waals surface area contributed by atoms with Crippen molar-refractivity contribution in [3.8, 4) is 0 Å². The summed E-state index contributed by atoms with van der Waals surface area (Å²) in [6.07, 6.45) is 4.72. The molecule has 1 atom stereocenters.